The normalized spacial score (nSPS) is 23.7. The Morgan fingerprint density at radius 2 is 2.00 bits per heavy atom. The first-order chi connectivity index (χ1) is 12.6. The SMILES string of the molecule is CCOc1cccc2c1O[C@@]1(C)C[C@@H]2NC(=S)N1c1ccc(CC)cc1. The molecule has 2 atom stereocenters. The van der Waals surface area contributed by atoms with Crippen molar-refractivity contribution in [1.82, 2.24) is 5.32 Å². The Kier molecular flexibility index (Phi) is 4.27. The van der Waals surface area contributed by atoms with Gasteiger partial charge in [-0.3, -0.25) is 4.90 Å². The second-order valence-electron chi connectivity index (χ2n) is 6.95. The average molecular weight is 369 g/mol. The van der Waals surface area contributed by atoms with Gasteiger partial charge in [0.1, 0.15) is 0 Å². The first kappa shape index (κ1) is 17.2. The van der Waals surface area contributed by atoms with Crippen molar-refractivity contribution in [2.45, 2.75) is 45.4 Å². The maximum absolute atomic E-state index is 6.54. The van der Waals surface area contributed by atoms with Crippen molar-refractivity contribution in [3.8, 4) is 11.5 Å². The van der Waals surface area contributed by atoms with E-state index in [0.29, 0.717) is 11.7 Å². The van der Waals surface area contributed by atoms with Crippen LogP contribution < -0.4 is 19.7 Å². The first-order valence-corrected chi connectivity index (χ1v) is 9.61. The van der Waals surface area contributed by atoms with E-state index in [1.54, 1.807) is 0 Å². The number of ether oxygens (including phenoxy) is 2. The smallest absolute Gasteiger partial charge is 0.188 e. The first-order valence-electron chi connectivity index (χ1n) is 9.20. The van der Waals surface area contributed by atoms with Crippen molar-refractivity contribution in [2.24, 2.45) is 0 Å². The molecule has 2 bridgehead atoms. The summed E-state index contributed by atoms with van der Waals surface area (Å²) < 4.78 is 12.3. The fraction of sp³-hybridized carbons (Fsp3) is 0.381. The number of fused-ring (bicyclic) bond motifs is 4. The number of para-hydroxylation sites is 1. The number of aryl methyl sites for hydroxylation is 1. The van der Waals surface area contributed by atoms with Crippen molar-refractivity contribution >= 4 is 23.0 Å². The molecule has 1 fully saturated rings. The van der Waals surface area contributed by atoms with Crippen molar-refractivity contribution in [3.63, 3.8) is 0 Å². The fourth-order valence-corrected chi connectivity index (χ4v) is 4.34. The summed E-state index contributed by atoms with van der Waals surface area (Å²) in [6.45, 7) is 6.85. The topological polar surface area (TPSA) is 33.7 Å². The molecule has 0 radical (unpaired) electrons. The van der Waals surface area contributed by atoms with Crippen molar-refractivity contribution < 1.29 is 9.47 Å². The lowest BCUT2D eigenvalue weighted by Gasteiger charge is -2.52. The van der Waals surface area contributed by atoms with E-state index < -0.39 is 5.72 Å². The van der Waals surface area contributed by atoms with Crippen LogP contribution in [0.3, 0.4) is 0 Å². The van der Waals surface area contributed by atoms with Gasteiger partial charge in [-0.25, -0.2) is 0 Å². The molecule has 2 heterocycles. The Labute approximate surface area is 160 Å². The zero-order valence-corrected chi connectivity index (χ0v) is 16.2. The molecular formula is C21H24N2O2S. The molecular weight excluding hydrogens is 344 g/mol. The largest absolute Gasteiger partial charge is 0.490 e. The molecule has 1 saturated heterocycles. The van der Waals surface area contributed by atoms with E-state index in [2.05, 4.69) is 54.4 Å². The maximum atomic E-state index is 6.54. The van der Waals surface area contributed by atoms with Gasteiger partial charge in [-0.1, -0.05) is 31.2 Å². The fourth-order valence-electron chi connectivity index (χ4n) is 3.90. The van der Waals surface area contributed by atoms with E-state index in [-0.39, 0.29) is 6.04 Å². The summed E-state index contributed by atoms with van der Waals surface area (Å²) in [4.78, 5) is 2.09. The Morgan fingerprint density at radius 1 is 1.23 bits per heavy atom. The number of hydrogen-bond donors (Lipinski definition) is 1. The van der Waals surface area contributed by atoms with Gasteiger partial charge in [0.25, 0.3) is 0 Å². The Bertz CT molecular complexity index is 836. The van der Waals surface area contributed by atoms with Crippen LogP contribution in [0, 0.1) is 0 Å². The monoisotopic (exact) mass is 368 g/mol. The van der Waals surface area contributed by atoms with Crippen LogP contribution in [0.5, 0.6) is 11.5 Å². The highest BCUT2D eigenvalue weighted by Crippen LogP contribution is 2.49. The minimum atomic E-state index is -0.555. The number of benzene rings is 2. The lowest BCUT2D eigenvalue weighted by molar-refractivity contribution is 0.0457. The molecule has 5 heteroatoms. The van der Waals surface area contributed by atoms with E-state index in [9.17, 15) is 0 Å². The van der Waals surface area contributed by atoms with Crippen LogP contribution in [0.4, 0.5) is 5.69 Å². The summed E-state index contributed by atoms with van der Waals surface area (Å²) in [6, 6.07) is 14.7. The van der Waals surface area contributed by atoms with Crippen molar-refractivity contribution in [2.75, 3.05) is 11.5 Å². The third-order valence-corrected chi connectivity index (χ3v) is 5.47. The summed E-state index contributed by atoms with van der Waals surface area (Å²) in [7, 11) is 0. The van der Waals surface area contributed by atoms with Crippen LogP contribution >= 0.6 is 12.2 Å². The highest BCUT2D eigenvalue weighted by atomic mass is 32.1. The Hall–Kier alpha value is -2.27. The van der Waals surface area contributed by atoms with E-state index in [0.717, 1.165) is 35.6 Å². The van der Waals surface area contributed by atoms with Gasteiger partial charge in [0.2, 0.25) is 0 Å². The summed E-state index contributed by atoms with van der Waals surface area (Å²) in [6.07, 6.45) is 1.83. The van der Waals surface area contributed by atoms with Gasteiger partial charge in [-0.05, 0) is 56.2 Å². The van der Waals surface area contributed by atoms with Gasteiger partial charge in [0.15, 0.2) is 22.3 Å². The number of hydrogen-bond acceptors (Lipinski definition) is 3. The van der Waals surface area contributed by atoms with Gasteiger partial charge in [0.05, 0.1) is 12.6 Å². The molecule has 26 heavy (non-hydrogen) atoms. The minimum absolute atomic E-state index is 0.128. The van der Waals surface area contributed by atoms with E-state index in [4.69, 9.17) is 21.7 Å². The van der Waals surface area contributed by atoms with Crippen LogP contribution in [0.15, 0.2) is 42.5 Å². The predicted molar refractivity (Wildman–Crippen MR) is 108 cm³/mol. The van der Waals surface area contributed by atoms with Crippen molar-refractivity contribution in [3.05, 3.63) is 53.6 Å². The zero-order valence-electron chi connectivity index (χ0n) is 15.4. The van der Waals surface area contributed by atoms with Gasteiger partial charge in [-0.2, -0.15) is 0 Å². The highest BCUT2D eigenvalue weighted by Gasteiger charge is 2.49. The van der Waals surface area contributed by atoms with Gasteiger partial charge < -0.3 is 14.8 Å². The van der Waals surface area contributed by atoms with Gasteiger partial charge in [-0.15, -0.1) is 0 Å². The second-order valence-corrected chi connectivity index (χ2v) is 7.33. The lowest BCUT2D eigenvalue weighted by Crippen LogP contribution is -2.65. The van der Waals surface area contributed by atoms with Crippen LogP contribution in [0.25, 0.3) is 0 Å². The molecule has 2 aromatic carbocycles. The Balaban J connectivity index is 1.76. The van der Waals surface area contributed by atoms with Crippen LogP contribution in [-0.4, -0.2) is 17.4 Å². The summed E-state index contributed by atoms with van der Waals surface area (Å²) >= 11 is 5.71. The Morgan fingerprint density at radius 3 is 2.69 bits per heavy atom. The molecule has 0 spiro atoms. The van der Waals surface area contributed by atoms with Crippen LogP contribution in [-0.2, 0) is 6.42 Å². The molecule has 4 rings (SSSR count). The molecule has 2 aliphatic heterocycles. The number of nitrogens with one attached hydrogen (secondary N) is 1. The number of nitrogens with zero attached hydrogens (tertiary/aromatic N) is 1. The molecule has 0 unspecified atom stereocenters. The quantitative estimate of drug-likeness (QED) is 0.799. The molecule has 4 nitrogen and oxygen atoms in total. The molecule has 2 aliphatic rings. The van der Waals surface area contributed by atoms with E-state index >= 15 is 0 Å². The summed E-state index contributed by atoms with van der Waals surface area (Å²) in [5.74, 6) is 1.61. The molecule has 136 valence electrons. The molecule has 1 N–H and O–H groups in total. The van der Waals surface area contributed by atoms with Crippen LogP contribution in [0.1, 0.15) is 44.4 Å². The van der Waals surface area contributed by atoms with Gasteiger partial charge >= 0.3 is 0 Å². The second kappa shape index (κ2) is 6.47. The molecule has 0 aliphatic carbocycles. The molecule has 2 aromatic rings. The van der Waals surface area contributed by atoms with Gasteiger partial charge in [0, 0.05) is 17.7 Å². The number of thiocarbonyl (C=S) groups is 1. The molecule has 0 aromatic heterocycles. The molecule has 0 amide bonds. The van der Waals surface area contributed by atoms with Crippen molar-refractivity contribution in [1.29, 1.82) is 0 Å². The number of rotatable bonds is 4. The summed E-state index contributed by atoms with van der Waals surface area (Å²) in [5.41, 5.74) is 2.90. The average Bonchev–Trinajstić information content (AvgIpc) is 2.62. The number of anilines is 1. The molecule has 0 saturated carbocycles. The van der Waals surface area contributed by atoms with E-state index in [1.807, 2.05) is 19.1 Å². The maximum Gasteiger partial charge on any atom is 0.188 e. The zero-order chi connectivity index (χ0) is 18.3. The van der Waals surface area contributed by atoms with Crippen LogP contribution in [0.2, 0.25) is 0 Å². The standard InChI is InChI=1S/C21H24N2O2S/c1-4-14-9-11-15(12-10-14)23-20(26)22-17-13-21(23,3)25-19-16(17)7-6-8-18(19)24-5-2/h6-12,17H,4-5,13H2,1-3H3,(H,22,26)/t17-,21-/m0/s1. The van der Waals surface area contributed by atoms with E-state index in [1.165, 1.54) is 5.56 Å². The lowest BCUT2D eigenvalue weighted by atomic mass is 9.90. The predicted octanol–water partition coefficient (Wildman–Crippen LogP) is 4.58. The highest BCUT2D eigenvalue weighted by molar-refractivity contribution is 7.80. The summed E-state index contributed by atoms with van der Waals surface area (Å²) in [5, 5.41) is 4.19. The minimum Gasteiger partial charge on any atom is -0.490 e. The third kappa shape index (κ3) is 2.71. The third-order valence-electron chi connectivity index (χ3n) is 5.17.